The molecule has 178 valence electrons. The maximum atomic E-state index is 14.9. The van der Waals surface area contributed by atoms with Crippen molar-refractivity contribution < 1.29 is 14.3 Å². The lowest BCUT2D eigenvalue weighted by Gasteiger charge is -2.27. The minimum absolute atomic E-state index is 0.169. The average Bonchev–Trinajstić information content (AvgIpc) is 3.29. The SMILES string of the molecule is C=C1C=C(C(=O)N2CCC(O)C2)C=CN1/C(C#N)=C(\CC)c1ccccc1-c1ccc(C)cc1F. The molecule has 1 amide bonds. The molecule has 1 N–H and O–H groups in total. The number of β-amino-alcohol motifs (C(OH)–C–C–N with tert-alkyl or cyclic N) is 1. The fourth-order valence-corrected chi connectivity index (χ4v) is 4.58. The first-order valence-electron chi connectivity index (χ1n) is 11.7. The lowest BCUT2D eigenvalue weighted by molar-refractivity contribution is -0.126. The number of aliphatic hydroxyl groups is 1. The molecule has 0 saturated carbocycles. The Bertz CT molecular complexity index is 1320. The molecule has 2 aliphatic heterocycles. The number of aliphatic hydroxyl groups excluding tert-OH is 1. The molecular formula is C29H28FN3O2. The van der Waals surface area contributed by atoms with E-state index < -0.39 is 6.10 Å². The number of hydrogen-bond acceptors (Lipinski definition) is 4. The van der Waals surface area contributed by atoms with Crippen molar-refractivity contribution in [2.24, 2.45) is 0 Å². The van der Waals surface area contributed by atoms with E-state index in [1.807, 2.05) is 44.2 Å². The molecule has 2 aromatic rings. The van der Waals surface area contributed by atoms with Crippen LogP contribution in [0.1, 0.15) is 30.9 Å². The summed E-state index contributed by atoms with van der Waals surface area (Å²) in [6.07, 6.45) is 5.60. The van der Waals surface area contributed by atoms with Crippen LogP contribution in [-0.2, 0) is 4.79 Å². The van der Waals surface area contributed by atoms with Crippen molar-refractivity contribution >= 4 is 11.5 Å². The summed E-state index contributed by atoms with van der Waals surface area (Å²) in [5.74, 6) is -0.483. The molecule has 6 heteroatoms. The lowest BCUT2D eigenvalue weighted by atomic mass is 9.91. The minimum atomic E-state index is -0.495. The molecule has 0 aliphatic carbocycles. The Hall–Kier alpha value is -3.95. The molecule has 2 aromatic carbocycles. The zero-order valence-corrected chi connectivity index (χ0v) is 20.0. The first kappa shape index (κ1) is 24.2. The number of halogens is 1. The van der Waals surface area contributed by atoms with Crippen molar-refractivity contribution in [3.8, 4) is 17.2 Å². The fourth-order valence-electron chi connectivity index (χ4n) is 4.58. The second-order valence-electron chi connectivity index (χ2n) is 8.79. The third kappa shape index (κ3) is 4.82. The van der Waals surface area contributed by atoms with E-state index in [9.17, 15) is 19.6 Å². The van der Waals surface area contributed by atoms with E-state index in [1.54, 1.807) is 34.2 Å². The highest BCUT2D eigenvalue weighted by atomic mass is 19.1. The summed E-state index contributed by atoms with van der Waals surface area (Å²) in [7, 11) is 0. The number of nitriles is 1. The lowest BCUT2D eigenvalue weighted by Crippen LogP contribution is -2.31. The topological polar surface area (TPSA) is 67.6 Å². The van der Waals surface area contributed by atoms with Gasteiger partial charge in [0.05, 0.1) is 6.10 Å². The number of benzene rings is 2. The van der Waals surface area contributed by atoms with Gasteiger partial charge in [0.25, 0.3) is 5.91 Å². The number of nitrogens with zero attached hydrogens (tertiary/aromatic N) is 3. The smallest absolute Gasteiger partial charge is 0.254 e. The summed E-state index contributed by atoms with van der Waals surface area (Å²) in [5.41, 5.74) is 4.85. The van der Waals surface area contributed by atoms with E-state index in [0.29, 0.717) is 54.0 Å². The summed E-state index contributed by atoms with van der Waals surface area (Å²) in [6.45, 7) is 8.71. The van der Waals surface area contributed by atoms with E-state index in [1.165, 1.54) is 6.07 Å². The highest BCUT2D eigenvalue weighted by molar-refractivity contribution is 5.97. The molecule has 0 radical (unpaired) electrons. The number of likely N-dealkylation sites (tertiary alicyclic amines) is 1. The van der Waals surface area contributed by atoms with Crippen molar-refractivity contribution in [2.75, 3.05) is 13.1 Å². The first-order chi connectivity index (χ1) is 16.8. The van der Waals surface area contributed by atoms with Gasteiger partial charge in [-0.25, -0.2) is 4.39 Å². The molecule has 2 heterocycles. The number of carbonyl (C=O) groups is 1. The van der Waals surface area contributed by atoms with Gasteiger partial charge < -0.3 is 14.9 Å². The predicted octanol–water partition coefficient (Wildman–Crippen LogP) is 5.31. The summed E-state index contributed by atoms with van der Waals surface area (Å²) in [6, 6.07) is 14.9. The highest BCUT2D eigenvalue weighted by Crippen LogP contribution is 2.36. The van der Waals surface area contributed by atoms with Crippen LogP contribution < -0.4 is 0 Å². The molecule has 0 bridgehead atoms. The molecule has 0 spiro atoms. The summed E-state index contributed by atoms with van der Waals surface area (Å²) < 4.78 is 14.9. The standard InChI is InChI=1S/C29H28FN3O2/c1-4-23(24-7-5-6-8-25(24)26-10-9-19(2)15-27(26)30)28(17-31)33-14-11-21(16-20(33)3)29(35)32-13-12-22(34)18-32/h5-11,14-16,22,34H,3-4,12-13,18H2,1-2H3/b28-23+. The van der Waals surface area contributed by atoms with Crippen LogP contribution in [0.15, 0.2) is 84.4 Å². The number of allylic oxidation sites excluding steroid dienone is 3. The van der Waals surface area contributed by atoms with Crippen molar-refractivity contribution in [1.29, 1.82) is 5.26 Å². The van der Waals surface area contributed by atoms with Crippen LogP contribution >= 0.6 is 0 Å². The molecule has 5 nitrogen and oxygen atoms in total. The van der Waals surface area contributed by atoms with Gasteiger partial charge in [-0.1, -0.05) is 49.9 Å². The van der Waals surface area contributed by atoms with E-state index in [-0.39, 0.29) is 11.7 Å². The zero-order valence-electron chi connectivity index (χ0n) is 20.0. The second kappa shape index (κ2) is 10.1. The van der Waals surface area contributed by atoms with E-state index in [2.05, 4.69) is 12.6 Å². The molecule has 2 aliphatic rings. The van der Waals surface area contributed by atoms with Crippen LogP contribution in [0.3, 0.4) is 0 Å². The van der Waals surface area contributed by atoms with Gasteiger partial charge in [-0.2, -0.15) is 5.26 Å². The van der Waals surface area contributed by atoms with Crippen LogP contribution in [0, 0.1) is 24.1 Å². The molecular weight excluding hydrogens is 441 g/mol. The van der Waals surface area contributed by atoms with Gasteiger partial charge in [0, 0.05) is 36.1 Å². The number of carbonyl (C=O) groups excluding carboxylic acids is 1. The molecule has 35 heavy (non-hydrogen) atoms. The van der Waals surface area contributed by atoms with Gasteiger partial charge in [0.2, 0.25) is 0 Å². The van der Waals surface area contributed by atoms with Gasteiger partial charge in [0.1, 0.15) is 17.6 Å². The Labute approximate surface area is 205 Å². The molecule has 1 unspecified atom stereocenters. The van der Waals surface area contributed by atoms with E-state index in [0.717, 1.165) is 16.7 Å². The third-order valence-corrected chi connectivity index (χ3v) is 6.39. The Morgan fingerprint density at radius 3 is 2.66 bits per heavy atom. The number of rotatable bonds is 5. The Kier molecular flexibility index (Phi) is 6.99. The maximum absolute atomic E-state index is 14.9. The summed E-state index contributed by atoms with van der Waals surface area (Å²) in [5, 5.41) is 19.9. The Morgan fingerprint density at radius 1 is 1.26 bits per heavy atom. The monoisotopic (exact) mass is 469 g/mol. The van der Waals surface area contributed by atoms with Gasteiger partial charge in [0.15, 0.2) is 0 Å². The Morgan fingerprint density at radius 2 is 2.03 bits per heavy atom. The van der Waals surface area contributed by atoms with Gasteiger partial charge >= 0.3 is 0 Å². The van der Waals surface area contributed by atoms with Crippen molar-refractivity contribution in [2.45, 2.75) is 32.8 Å². The van der Waals surface area contributed by atoms with Gasteiger partial charge in [-0.15, -0.1) is 0 Å². The zero-order chi connectivity index (χ0) is 25.1. The molecule has 1 fully saturated rings. The average molecular weight is 470 g/mol. The van der Waals surface area contributed by atoms with E-state index in [4.69, 9.17) is 0 Å². The number of amides is 1. The van der Waals surface area contributed by atoms with Crippen molar-refractivity contribution in [1.82, 2.24) is 9.80 Å². The molecule has 1 atom stereocenters. The maximum Gasteiger partial charge on any atom is 0.254 e. The van der Waals surface area contributed by atoms with Crippen molar-refractivity contribution in [3.63, 3.8) is 0 Å². The van der Waals surface area contributed by atoms with Crippen LogP contribution in [-0.4, -0.2) is 40.0 Å². The third-order valence-electron chi connectivity index (χ3n) is 6.39. The normalized spacial score (nSPS) is 18.3. The summed E-state index contributed by atoms with van der Waals surface area (Å²) in [4.78, 5) is 16.1. The fraction of sp³-hybridized carbons (Fsp3) is 0.241. The quantitative estimate of drug-likeness (QED) is 0.603. The van der Waals surface area contributed by atoms with E-state index >= 15 is 0 Å². The molecule has 1 saturated heterocycles. The second-order valence-corrected chi connectivity index (χ2v) is 8.79. The van der Waals surface area contributed by atoms with Crippen LogP contribution in [0.25, 0.3) is 16.7 Å². The Balaban J connectivity index is 1.72. The summed E-state index contributed by atoms with van der Waals surface area (Å²) >= 11 is 0. The highest BCUT2D eigenvalue weighted by Gasteiger charge is 2.28. The minimum Gasteiger partial charge on any atom is -0.391 e. The first-order valence-corrected chi connectivity index (χ1v) is 11.7. The van der Waals surface area contributed by atoms with Crippen LogP contribution in [0.4, 0.5) is 4.39 Å². The van der Waals surface area contributed by atoms with Gasteiger partial charge in [-0.3, -0.25) is 4.79 Å². The molecule has 4 rings (SSSR count). The van der Waals surface area contributed by atoms with Crippen LogP contribution in [0.5, 0.6) is 0 Å². The van der Waals surface area contributed by atoms with Crippen molar-refractivity contribution in [3.05, 3.63) is 101 Å². The van der Waals surface area contributed by atoms with Crippen LogP contribution in [0.2, 0.25) is 0 Å². The molecule has 0 aromatic heterocycles. The largest absolute Gasteiger partial charge is 0.391 e. The van der Waals surface area contributed by atoms with Gasteiger partial charge in [-0.05, 0) is 60.2 Å². The number of hydrogen-bond donors (Lipinski definition) is 1. The predicted molar refractivity (Wildman–Crippen MR) is 135 cm³/mol. The number of aryl methyl sites for hydroxylation is 1.